The van der Waals surface area contributed by atoms with Gasteiger partial charge >= 0.3 is 6.09 Å². The first-order chi connectivity index (χ1) is 13.0. The highest BCUT2D eigenvalue weighted by Crippen LogP contribution is 2.21. The summed E-state index contributed by atoms with van der Waals surface area (Å²) in [6.45, 7) is 10.7. The van der Waals surface area contributed by atoms with Gasteiger partial charge in [-0.15, -0.1) is 0 Å². The molecule has 150 valence electrons. The number of piperazine rings is 1. The van der Waals surface area contributed by atoms with E-state index in [0.29, 0.717) is 38.0 Å². The molecule has 2 amide bonds. The van der Waals surface area contributed by atoms with Crippen LogP contribution in [0.5, 0.6) is 0 Å². The number of piperidine rings is 1. The van der Waals surface area contributed by atoms with Gasteiger partial charge in [0.25, 0.3) is 5.91 Å². The van der Waals surface area contributed by atoms with Gasteiger partial charge in [0.05, 0.1) is 12.3 Å². The van der Waals surface area contributed by atoms with Crippen LogP contribution in [0.1, 0.15) is 55.8 Å². The van der Waals surface area contributed by atoms with Crippen molar-refractivity contribution < 1.29 is 18.8 Å². The molecule has 3 heterocycles. The van der Waals surface area contributed by atoms with E-state index in [1.165, 1.54) is 0 Å². The van der Waals surface area contributed by atoms with Gasteiger partial charge in [0.1, 0.15) is 0 Å². The summed E-state index contributed by atoms with van der Waals surface area (Å²) in [5.74, 6) is 0.482. The molecule has 0 spiro atoms. The number of rotatable bonds is 4. The van der Waals surface area contributed by atoms with Gasteiger partial charge in [0, 0.05) is 51.4 Å². The van der Waals surface area contributed by atoms with Crippen LogP contribution in [-0.4, -0.2) is 83.8 Å². The highest BCUT2D eigenvalue weighted by atomic mass is 16.6. The number of hydrogen-bond acceptors (Lipinski definition) is 6. The molecule has 27 heavy (non-hydrogen) atoms. The fourth-order valence-electron chi connectivity index (χ4n) is 3.74. The monoisotopic (exact) mass is 378 g/mol. The van der Waals surface area contributed by atoms with Gasteiger partial charge in [0.2, 0.25) is 5.76 Å². The van der Waals surface area contributed by atoms with E-state index in [1.54, 1.807) is 11.0 Å². The maximum atomic E-state index is 12.8. The lowest BCUT2D eigenvalue weighted by molar-refractivity contribution is 0.0360. The maximum Gasteiger partial charge on any atom is 0.409 e. The van der Waals surface area contributed by atoms with E-state index in [-0.39, 0.29) is 17.9 Å². The molecule has 0 radical (unpaired) electrons. The summed E-state index contributed by atoms with van der Waals surface area (Å²) in [7, 11) is 0. The molecule has 2 saturated heterocycles. The van der Waals surface area contributed by atoms with Crippen LogP contribution in [-0.2, 0) is 4.74 Å². The second-order valence-electron chi connectivity index (χ2n) is 7.54. The third-order valence-corrected chi connectivity index (χ3v) is 5.37. The van der Waals surface area contributed by atoms with Crippen LogP contribution in [0.15, 0.2) is 10.6 Å². The lowest BCUT2D eigenvalue weighted by Crippen LogP contribution is -2.56. The highest BCUT2D eigenvalue weighted by Gasteiger charge is 2.32. The van der Waals surface area contributed by atoms with Crippen LogP contribution in [0.25, 0.3) is 0 Å². The minimum absolute atomic E-state index is 0.0794. The summed E-state index contributed by atoms with van der Waals surface area (Å²) >= 11 is 0. The van der Waals surface area contributed by atoms with E-state index < -0.39 is 0 Å². The van der Waals surface area contributed by atoms with Gasteiger partial charge in [-0.2, -0.15) is 0 Å². The highest BCUT2D eigenvalue weighted by molar-refractivity contribution is 5.91. The molecule has 1 aromatic rings. The number of carbonyl (C=O) groups excluding carboxylic acids is 2. The fourth-order valence-corrected chi connectivity index (χ4v) is 3.74. The molecule has 8 nitrogen and oxygen atoms in total. The van der Waals surface area contributed by atoms with Crippen LogP contribution in [0.3, 0.4) is 0 Å². The summed E-state index contributed by atoms with van der Waals surface area (Å²) in [5.41, 5.74) is 0.807. The van der Waals surface area contributed by atoms with Gasteiger partial charge in [0.15, 0.2) is 0 Å². The summed E-state index contributed by atoms with van der Waals surface area (Å²) < 4.78 is 10.3. The van der Waals surface area contributed by atoms with Crippen molar-refractivity contribution in [3.63, 3.8) is 0 Å². The number of carbonyl (C=O) groups is 2. The Morgan fingerprint density at radius 2 is 1.96 bits per heavy atom. The standard InChI is InChI=1S/C19H30N4O4/c1-4-26-19(25)22-10-8-21(9-11-22)15-6-5-7-23(13-15)18(24)17-12-16(14(2)3)20-27-17/h12,14-15H,4-11,13H2,1-3H3. The Bertz CT molecular complexity index is 652. The Balaban J connectivity index is 1.55. The first-order valence-electron chi connectivity index (χ1n) is 9.91. The van der Waals surface area contributed by atoms with Crippen molar-refractivity contribution in [2.75, 3.05) is 45.9 Å². The third kappa shape index (κ3) is 4.61. The zero-order chi connectivity index (χ0) is 19.4. The molecule has 3 rings (SSSR count). The van der Waals surface area contributed by atoms with Crippen LogP contribution < -0.4 is 0 Å². The van der Waals surface area contributed by atoms with Gasteiger partial charge in [-0.05, 0) is 25.7 Å². The van der Waals surface area contributed by atoms with Crippen LogP contribution >= 0.6 is 0 Å². The smallest absolute Gasteiger partial charge is 0.409 e. The second kappa shape index (κ2) is 8.73. The number of aromatic nitrogens is 1. The number of hydrogen-bond donors (Lipinski definition) is 0. The van der Waals surface area contributed by atoms with Crippen molar-refractivity contribution >= 4 is 12.0 Å². The van der Waals surface area contributed by atoms with Crippen molar-refractivity contribution in [3.8, 4) is 0 Å². The van der Waals surface area contributed by atoms with Crippen LogP contribution in [0.4, 0.5) is 4.79 Å². The summed E-state index contributed by atoms with van der Waals surface area (Å²) in [6, 6.07) is 2.08. The average molecular weight is 378 g/mol. The molecule has 0 aliphatic carbocycles. The van der Waals surface area contributed by atoms with E-state index in [2.05, 4.69) is 10.1 Å². The predicted octanol–water partition coefficient (Wildman–Crippen LogP) is 2.18. The minimum Gasteiger partial charge on any atom is -0.450 e. The van der Waals surface area contributed by atoms with Crippen molar-refractivity contribution in [1.29, 1.82) is 0 Å². The topological polar surface area (TPSA) is 79.1 Å². The number of likely N-dealkylation sites (tertiary alicyclic amines) is 1. The average Bonchev–Trinajstić information content (AvgIpc) is 3.18. The Morgan fingerprint density at radius 3 is 2.59 bits per heavy atom. The summed E-state index contributed by atoms with van der Waals surface area (Å²) in [5, 5.41) is 4.00. The predicted molar refractivity (Wildman–Crippen MR) is 99.7 cm³/mol. The van der Waals surface area contributed by atoms with E-state index in [1.807, 2.05) is 25.7 Å². The Labute approximate surface area is 160 Å². The lowest BCUT2D eigenvalue weighted by atomic mass is 10.0. The molecule has 2 aliphatic heterocycles. The van der Waals surface area contributed by atoms with E-state index in [4.69, 9.17) is 9.26 Å². The molecule has 0 saturated carbocycles. The minimum atomic E-state index is -0.233. The summed E-state index contributed by atoms with van der Waals surface area (Å²) in [6.07, 6.45) is 1.81. The second-order valence-corrected chi connectivity index (χ2v) is 7.54. The molecule has 2 aliphatic rings. The maximum absolute atomic E-state index is 12.8. The van der Waals surface area contributed by atoms with Crippen molar-refractivity contribution in [2.45, 2.75) is 45.6 Å². The number of nitrogens with zero attached hydrogens (tertiary/aromatic N) is 4. The first kappa shape index (κ1) is 19.7. The normalized spacial score (nSPS) is 21.6. The Hall–Kier alpha value is -2.09. The quantitative estimate of drug-likeness (QED) is 0.799. The molecule has 0 bridgehead atoms. The van der Waals surface area contributed by atoms with Gasteiger partial charge in [-0.3, -0.25) is 9.69 Å². The molecule has 2 fully saturated rings. The Morgan fingerprint density at radius 1 is 1.22 bits per heavy atom. The summed E-state index contributed by atoms with van der Waals surface area (Å²) in [4.78, 5) is 30.6. The van der Waals surface area contributed by atoms with Crippen LogP contribution in [0.2, 0.25) is 0 Å². The van der Waals surface area contributed by atoms with E-state index in [9.17, 15) is 9.59 Å². The molecule has 1 atom stereocenters. The van der Waals surface area contributed by atoms with Crippen LogP contribution in [0, 0.1) is 0 Å². The third-order valence-electron chi connectivity index (χ3n) is 5.37. The molecule has 0 N–H and O–H groups in total. The first-order valence-corrected chi connectivity index (χ1v) is 9.91. The fraction of sp³-hybridized carbons (Fsp3) is 0.737. The van der Waals surface area contributed by atoms with E-state index >= 15 is 0 Å². The largest absolute Gasteiger partial charge is 0.450 e. The molecule has 0 aromatic carbocycles. The van der Waals surface area contributed by atoms with Gasteiger partial charge in [-0.1, -0.05) is 19.0 Å². The zero-order valence-electron chi connectivity index (χ0n) is 16.5. The molecular formula is C19H30N4O4. The SMILES string of the molecule is CCOC(=O)N1CCN(C2CCCN(C(=O)c3cc(C(C)C)no3)C2)CC1. The van der Waals surface area contributed by atoms with Gasteiger partial charge in [-0.25, -0.2) is 4.79 Å². The zero-order valence-corrected chi connectivity index (χ0v) is 16.5. The number of amides is 2. The number of ether oxygens (including phenoxy) is 1. The van der Waals surface area contributed by atoms with Gasteiger partial charge < -0.3 is 19.1 Å². The molecule has 1 unspecified atom stereocenters. The lowest BCUT2D eigenvalue weighted by Gasteiger charge is -2.42. The molecular weight excluding hydrogens is 348 g/mol. The molecule has 1 aromatic heterocycles. The van der Waals surface area contributed by atoms with Crippen molar-refractivity contribution in [1.82, 2.24) is 19.9 Å². The van der Waals surface area contributed by atoms with Crippen molar-refractivity contribution in [3.05, 3.63) is 17.5 Å². The Kier molecular flexibility index (Phi) is 6.36. The van der Waals surface area contributed by atoms with E-state index in [0.717, 1.165) is 38.2 Å². The molecule has 8 heteroatoms. The van der Waals surface area contributed by atoms with Crippen molar-refractivity contribution in [2.24, 2.45) is 0 Å².